The number of ether oxygens (including phenoxy) is 2. The van der Waals surface area contributed by atoms with Gasteiger partial charge in [-0.15, -0.1) is 0 Å². The Bertz CT molecular complexity index is 744. The maximum Gasteiger partial charge on any atom is 0.433 e. The first-order valence-corrected chi connectivity index (χ1v) is 11.0. The van der Waals surface area contributed by atoms with Crippen molar-refractivity contribution in [2.45, 2.75) is 86.4 Å². The van der Waals surface area contributed by atoms with E-state index in [0.717, 1.165) is 17.7 Å². The van der Waals surface area contributed by atoms with Gasteiger partial charge in [0.15, 0.2) is 0 Å². The van der Waals surface area contributed by atoms with Crippen LogP contribution in [0.3, 0.4) is 0 Å². The first-order chi connectivity index (χ1) is 15.3. The first-order valence-electron chi connectivity index (χ1n) is 11.0. The van der Waals surface area contributed by atoms with Gasteiger partial charge in [-0.2, -0.15) is 13.2 Å². The molecule has 0 atom stereocenters. The molecule has 0 fully saturated rings. The second-order valence-electron chi connectivity index (χ2n) is 7.64. The number of carbonyl (C=O) groups is 1. The molecule has 0 aromatic heterocycles. The molecule has 0 aliphatic heterocycles. The molecule has 0 saturated heterocycles. The van der Waals surface area contributed by atoms with Gasteiger partial charge in [0.1, 0.15) is 11.3 Å². The minimum Gasteiger partial charge on any atom is -0.483 e. The van der Waals surface area contributed by atoms with E-state index in [2.05, 4.69) is 21.9 Å². The normalized spacial score (nSPS) is 14.0. The van der Waals surface area contributed by atoms with Gasteiger partial charge < -0.3 is 14.8 Å². The highest BCUT2D eigenvalue weighted by Crippen LogP contribution is 2.28. The van der Waals surface area contributed by atoms with Crippen LogP contribution in [0.1, 0.15) is 74.7 Å². The summed E-state index contributed by atoms with van der Waals surface area (Å²) in [5, 5.41) is 2.52. The lowest BCUT2D eigenvalue weighted by Gasteiger charge is -2.20. The molecule has 1 amide bonds. The molecule has 6 nitrogen and oxygen atoms in total. The standard InChI is InChI=1S/C22H34F3N3O3.C2H6/c1-9-12-16(27-17(13-10-2)22(23,24)25)19(15(4)11-3)28-18(30-8)14-26-20(29)31-21(5,6)7;1-2/h10,13H,2,9,11-12,14H2,1,3-8H3,(H,26,29);1-2H3/b17-13-,19-15?,27-16?,28-18?;. The van der Waals surface area contributed by atoms with Crippen LogP contribution >= 0.6 is 0 Å². The van der Waals surface area contributed by atoms with Gasteiger partial charge >= 0.3 is 12.3 Å². The minimum absolute atomic E-state index is 0.0973. The molecule has 0 aliphatic rings. The molecule has 0 rings (SSSR count). The summed E-state index contributed by atoms with van der Waals surface area (Å²) in [5.74, 6) is 0.110. The van der Waals surface area contributed by atoms with Gasteiger partial charge in [0, 0.05) is 0 Å². The number of rotatable bonds is 9. The van der Waals surface area contributed by atoms with Gasteiger partial charge in [-0.05, 0) is 52.2 Å². The molecule has 9 heteroatoms. The van der Waals surface area contributed by atoms with Crippen LogP contribution in [-0.2, 0) is 9.47 Å². The van der Waals surface area contributed by atoms with Gasteiger partial charge in [-0.3, -0.25) is 0 Å². The molecule has 0 aromatic carbocycles. The number of hydrogen-bond acceptors (Lipinski definition) is 5. The molecule has 0 unspecified atom stereocenters. The number of aliphatic imine (C=N–C) groups is 2. The number of alkyl halides is 3. The molecular formula is C24H40F3N3O3. The van der Waals surface area contributed by atoms with Crippen molar-refractivity contribution in [3.05, 3.63) is 35.7 Å². The number of amides is 1. The summed E-state index contributed by atoms with van der Waals surface area (Å²) >= 11 is 0. The minimum atomic E-state index is -4.63. The highest BCUT2D eigenvalue weighted by Gasteiger charge is 2.34. The number of halogens is 3. The zero-order valence-corrected chi connectivity index (χ0v) is 21.4. The second kappa shape index (κ2) is 16.1. The highest BCUT2D eigenvalue weighted by molar-refractivity contribution is 6.03. The number of hydrogen-bond donors (Lipinski definition) is 1. The predicted molar refractivity (Wildman–Crippen MR) is 130 cm³/mol. The largest absolute Gasteiger partial charge is 0.483 e. The fourth-order valence-electron chi connectivity index (χ4n) is 2.23. The van der Waals surface area contributed by atoms with E-state index in [1.54, 1.807) is 27.7 Å². The zero-order chi connectivity index (χ0) is 26.2. The van der Waals surface area contributed by atoms with E-state index < -0.39 is 23.6 Å². The molecular weight excluding hydrogens is 435 g/mol. The van der Waals surface area contributed by atoms with Crippen molar-refractivity contribution >= 4 is 17.7 Å². The zero-order valence-electron chi connectivity index (χ0n) is 21.4. The summed E-state index contributed by atoms with van der Waals surface area (Å²) < 4.78 is 50.5. The topological polar surface area (TPSA) is 72.3 Å². The third-order valence-corrected chi connectivity index (χ3v) is 3.77. The Morgan fingerprint density at radius 1 is 1.12 bits per heavy atom. The van der Waals surface area contributed by atoms with Gasteiger partial charge in [0.05, 0.1) is 25.1 Å². The summed E-state index contributed by atoms with van der Waals surface area (Å²) in [6.07, 6.45) is -2.05. The van der Waals surface area contributed by atoms with E-state index in [1.807, 2.05) is 27.7 Å². The monoisotopic (exact) mass is 475 g/mol. The maximum absolute atomic E-state index is 13.4. The Morgan fingerprint density at radius 2 is 1.70 bits per heavy atom. The molecule has 0 spiro atoms. The van der Waals surface area contributed by atoms with Crippen LogP contribution in [0.2, 0.25) is 0 Å². The average molecular weight is 476 g/mol. The van der Waals surface area contributed by atoms with Crippen molar-refractivity contribution in [2.75, 3.05) is 13.7 Å². The lowest BCUT2D eigenvalue weighted by atomic mass is 10.1. The summed E-state index contributed by atoms with van der Waals surface area (Å²) in [5.41, 5.74) is -0.525. The van der Waals surface area contributed by atoms with Crippen LogP contribution in [0.25, 0.3) is 0 Å². The SMILES string of the molecule is C=C/C=C(\N=C(CCC)C(N=C(CNC(=O)OC(C)(C)C)OC)=C(C)CC)C(F)(F)F.CC. The number of allylic oxidation sites excluding steroid dienone is 5. The molecule has 0 radical (unpaired) electrons. The Kier molecular flexibility index (Phi) is 15.9. The van der Waals surface area contributed by atoms with E-state index in [-0.39, 0.29) is 24.6 Å². The lowest BCUT2D eigenvalue weighted by Crippen LogP contribution is -2.36. The van der Waals surface area contributed by atoms with Gasteiger partial charge in [-0.1, -0.05) is 46.8 Å². The van der Waals surface area contributed by atoms with Crippen molar-refractivity contribution in [3.8, 4) is 0 Å². The second-order valence-corrected chi connectivity index (χ2v) is 7.64. The van der Waals surface area contributed by atoms with Crippen molar-refractivity contribution in [2.24, 2.45) is 9.98 Å². The fourth-order valence-corrected chi connectivity index (χ4v) is 2.23. The molecule has 0 aliphatic carbocycles. The van der Waals surface area contributed by atoms with Crippen molar-refractivity contribution in [1.29, 1.82) is 0 Å². The maximum atomic E-state index is 13.4. The summed E-state index contributed by atoms with van der Waals surface area (Å²) in [6, 6.07) is 0. The van der Waals surface area contributed by atoms with Gasteiger partial charge in [0.25, 0.3) is 0 Å². The van der Waals surface area contributed by atoms with E-state index in [0.29, 0.717) is 18.5 Å². The fraction of sp³-hybridized carbons (Fsp3) is 0.625. The summed E-state index contributed by atoms with van der Waals surface area (Å²) in [4.78, 5) is 20.2. The van der Waals surface area contributed by atoms with Crippen LogP contribution < -0.4 is 5.32 Å². The van der Waals surface area contributed by atoms with E-state index in [1.165, 1.54) is 7.11 Å². The number of nitrogens with one attached hydrogen (secondary N) is 1. The Hall–Kier alpha value is -2.58. The third kappa shape index (κ3) is 14.2. The Labute approximate surface area is 196 Å². The highest BCUT2D eigenvalue weighted by atomic mass is 19.4. The number of methoxy groups -OCH3 is 1. The average Bonchev–Trinajstić information content (AvgIpc) is 2.72. The van der Waals surface area contributed by atoms with Crippen LogP contribution in [0.15, 0.2) is 45.7 Å². The molecule has 0 saturated carbocycles. The van der Waals surface area contributed by atoms with Crippen LogP contribution in [0.5, 0.6) is 0 Å². The summed E-state index contributed by atoms with van der Waals surface area (Å²) in [6.45, 7) is 17.9. The Balaban J connectivity index is 0. The van der Waals surface area contributed by atoms with E-state index in [4.69, 9.17) is 9.47 Å². The first kappa shape index (κ1) is 32.6. The van der Waals surface area contributed by atoms with E-state index in [9.17, 15) is 18.0 Å². The van der Waals surface area contributed by atoms with Crippen LogP contribution in [0.4, 0.5) is 18.0 Å². The lowest BCUT2D eigenvalue weighted by molar-refractivity contribution is -0.0923. The van der Waals surface area contributed by atoms with Crippen molar-refractivity contribution in [1.82, 2.24) is 5.32 Å². The third-order valence-electron chi connectivity index (χ3n) is 3.77. The van der Waals surface area contributed by atoms with Crippen molar-refractivity contribution < 1.29 is 27.4 Å². The number of nitrogens with zero attached hydrogens (tertiary/aromatic N) is 2. The van der Waals surface area contributed by atoms with Crippen molar-refractivity contribution in [3.63, 3.8) is 0 Å². The number of carbonyl (C=O) groups excluding carboxylic acids is 1. The number of alkyl carbamates (subject to hydrolysis) is 1. The molecule has 0 heterocycles. The van der Waals surface area contributed by atoms with E-state index >= 15 is 0 Å². The molecule has 0 aromatic rings. The molecule has 33 heavy (non-hydrogen) atoms. The van der Waals surface area contributed by atoms with Crippen LogP contribution in [-0.4, -0.2) is 43.1 Å². The van der Waals surface area contributed by atoms with Crippen LogP contribution in [0, 0.1) is 0 Å². The molecule has 0 bridgehead atoms. The van der Waals surface area contributed by atoms with Gasteiger partial charge in [-0.25, -0.2) is 14.8 Å². The molecule has 1 N–H and O–H groups in total. The quantitative estimate of drug-likeness (QED) is 0.219. The van der Waals surface area contributed by atoms with Gasteiger partial charge in [0.2, 0.25) is 5.90 Å². The Morgan fingerprint density at radius 3 is 2.09 bits per heavy atom. The molecule has 190 valence electrons. The predicted octanol–water partition coefficient (Wildman–Crippen LogP) is 7.14. The smallest absolute Gasteiger partial charge is 0.433 e. The summed E-state index contributed by atoms with van der Waals surface area (Å²) in [7, 11) is 1.36.